The normalized spacial score (nSPS) is 14.9. The molecule has 0 aromatic rings. The van der Waals surface area contributed by atoms with E-state index in [0.29, 0.717) is 25.7 Å². The standard InChI is InChI=1S/C43H82O17P2/c1-5-9-13-16-19-22-25-28-41(46)54-34-39(60-43(48)30-26-21-18-15-11-7-3)36-58-62(51,52)56-32-37(44)31-55-61(49,50)57-35-38(59-42(47)29-23-12-8-4)33-53-40(45)27-24-20-17-14-10-6-2/h37-39,44H,5-36H2,1-4H3,(H,49,50)(H,51,52)/t37-,38-,39-/m1/s1. The summed E-state index contributed by atoms with van der Waals surface area (Å²) in [5.41, 5.74) is 0. The fourth-order valence-electron chi connectivity index (χ4n) is 5.92. The summed E-state index contributed by atoms with van der Waals surface area (Å²) in [5.74, 6) is -2.21. The van der Waals surface area contributed by atoms with Crippen LogP contribution in [0.25, 0.3) is 0 Å². The molecule has 0 bridgehead atoms. The van der Waals surface area contributed by atoms with Crippen LogP contribution in [0, 0.1) is 0 Å². The number of phosphoric ester groups is 2. The molecule has 366 valence electrons. The van der Waals surface area contributed by atoms with Crippen molar-refractivity contribution in [3.8, 4) is 0 Å². The van der Waals surface area contributed by atoms with Gasteiger partial charge in [0.25, 0.3) is 0 Å². The van der Waals surface area contributed by atoms with Crippen LogP contribution < -0.4 is 0 Å². The van der Waals surface area contributed by atoms with Gasteiger partial charge in [-0.2, -0.15) is 0 Å². The molecule has 0 heterocycles. The first-order chi connectivity index (χ1) is 29.7. The molecule has 17 nitrogen and oxygen atoms in total. The average Bonchev–Trinajstić information content (AvgIpc) is 3.23. The van der Waals surface area contributed by atoms with E-state index in [1.54, 1.807) is 0 Å². The van der Waals surface area contributed by atoms with E-state index in [1.165, 1.54) is 6.42 Å². The van der Waals surface area contributed by atoms with Crippen molar-refractivity contribution in [3.63, 3.8) is 0 Å². The molecule has 3 N–H and O–H groups in total. The van der Waals surface area contributed by atoms with Crippen LogP contribution in [-0.4, -0.2) is 96.7 Å². The molecule has 0 rings (SSSR count). The van der Waals surface area contributed by atoms with E-state index in [4.69, 9.17) is 37.0 Å². The van der Waals surface area contributed by atoms with Gasteiger partial charge in [0.1, 0.15) is 19.3 Å². The fraction of sp³-hybridized carbons (Fsp3) is 0.907. The van der Waals surface area contributed by atoms with Gasteiger partial charge in [-0.3, -0.25) is 37.3 Å². The summed E-state index contributed by atoms with van der Waals surface area (Å²) in [5, 5.41) is 10.3. The third kappa shape index (κ3) is 38.5. The molecule has 0 spiro atoms. The van der Waals surface area contributed by atoms with Crippen LogP contribution in [0.1, 0.15) is 195 Å². The lowest BCUT2D eigenvalue weighted by Gasteiger charge is -2.21. The van der Waals surface area contributed by atoms with Gasteiger partial charge in [-0.15, -0.1) is 0 Å². The first-order valence-corrected chi connectivity index (χ1v) is 26.3. The number of phosphoric acid groups is 2. The van der Waals surface area contributed by atoms with Crippen LogP contribution in [-0.2, 0) is 65.4 Å². The first-order valence-electron chi connectivity index (χ1n) is 23.3. The van der Waals surface area contributed by atoms with Gasteiger partial charge in [-0.05, 0) is 25.7 Å². The minimum absolute atomic E-state index is 0.0891. The number of hydrogen-bond donors (Lipinski definition) is 3. The molecule has 0 fully saturated rings. The maximum absolute atomic E-state index is 12.7. The molecule has 0 aromatic heterocycles. The maximum Gasteiger partial charge on any atom is 0.472 e. The first kappa shape index (κ1) is 60.1. The number of carbonyl (C=O) groups is 4. The molecule has 0 amide bonds. The number of aliphatic hydroxyl groups is 1. The number of ether oxygens (including phenoxy) is 4. The van der Waals surface area contributed by atoms with Gasteiger partial charge in [0.05, 0.1) is 26.4 Å². The average molecular weight is 933 g/mol. The minimum Gasteiger partial charge on any atom is -0.462 e. The van der Waals surface area contributed by atoms with Crippen molar-refractivity contribution in [2.45, 2.75) is 213 Å². The molecule has 5 atom stereocenters. The zero-order valence-corrected chi connectivity index (χ0v) is 40.1. The van der Waals surface area contributed by atoms with Gasteiger partial charge in [0, 0.05) is 25.7 Å². The Morgan fingerprint density at radius 2 is 0.645 bits per heavy atom. The summed E-state index contributed by atoms with van der Waals surface area (Å²) < 4.78 is 66.3. The number of hydrogen-bond acceptors (Lipinski definition) is 15. The lowest BCUT2D eigenvalue weighted by atomic mass is 10.1. The van der Waals surface area contributed by atoms with Crippen molar-refractivity contribution in [2.24, 2.45) is 0 Å². The fourth-order valence-corrected chi connectivity index (χ4v) is 7.50. The lowest BCUT2D eigenvalue weighted by molar-refractivity contribution is -0.161. The molecule has 0 saturated carbocycles. The predicted octanol–water partition coefficient (Wildman–Crippen LogP) is 9.75. The van der Waals surface area contributed by atoms with Crippen LogP contribution in [0.15, 0.2) is 0 Å². The number of unbranched alkanes of at least 4 members (excludes halogenated alkanes) is 18. The summed E-state index contributed by atoms with van der Waals surface area (Å²) in [4.78, 5) is 70.2. The lowest BCUT2D eigenvalue weighted by Crippen LogP contribution is -2.30. The second-order valence-corrected chi connectivity index (χ2v) is 18.6. The van der Waals surface area contributed by atoms with Crippen molar-refractivity contribution < 1.29 is 80.2 Å². The van der Waals surface area contributed by atoms with Crippen molar-refractivity contribution in [1.82, 2.24) is 0 Å². The highest BCUT2D eigenvalue weighted by Gasteiger charge is 2.30. The topological polar surface area (TPSA) is 237 Å². The Morgan fingerprint density at radius 1 is 0.387 bits per heavy atom. The molecule has 62 heavy (non-hydrogen) atoms. The molecule has 0 aliphatic carbocycles. The van der Waals surface area contributed by atoms with Crippen molar-refractivity contribution in [1.29, 1.82) is 0 Å². The van der Waals surface area contributed by atoms with Gasteiger partial charge >= 0.3 is 39.5 Å². The number of esters is 4. The molecule has 0 aromatic carbocycles. The second-order valence-electron chi connectivity index (χ2n) is 15.7. The Balaban J connectivity index is 5.08. The zero-order valence-electron chi connectivity index (χ0n) is 38.3. The molecular weight excluding hydrogens is 850 g/mol. The highest BCUT2D eigenvalue weighted by Crippen LogP contribution is 2.45. The number of aliphatic hydroxyl groups excluding tert-OH is 1. The zero-order chi connectivity index (χ0) is 46.3. The van der Waals surface area contributed by atoms with Crippen molar-refractivity contribution >= 4 is 39.5 Å². The largest absolute Gasteiger partial charge is 0.472 e. The number of rotatable bonds is 44. The van der Waals surface area contributed by atoms with E-state index in [1.807, 2.05) is 6.92 Å². The van der Waals surface area contributed by atoms with Crippen molar-refractivity contribution in [3.05, 3.63) is 0 Å². The van der Waals surface area contributed by atoms with Crippen molar-refractivity contribution in [2.75, 3.05) is 39.6 Å². The van der Waals surface area contributed by atoms with Gasteiger partial charge in [-0.25, -0.2) is 9.13 Å². The molecule has 2 unspecified atom stereocenters. The van der Waals surface area contributed by atoms with E-state index in [9.17, 15) is 43.2 Å². The molecule has 0 aliphatic heterocycles. The van der Waals surface area contributed by atoms with E-state index >= 15 is 0 Å². The van der Waals surface area contributed by atoms with E-state index in [0.717, 1.165) is 109 Å². The molecule has 0 aliphatic rings. The summed E-state index contributed by atoms with van der Waals surface area (Å²) in [7, 11) is -9.81. The monoisotopic (exact) mass is 933 g/mol. The summed E-state index contributed by atoms with van der Waals surface area (Å²) in [6, 6.07) is 0. The van der Waals surface area contributed by atoms with Gasteiger partial charge in [0.2, 0.25) is 0 Å². The van der Waals surface area contributed by atoms with Gasteiger partial charge in [0.15, 0.2) is 12.2 Å². The third-order valence-electron chi connectivity index (χ3n) is 9.60. The molecular formula is C43H82O17P2. The van der Waals surface area contributed by atoms with E-state index < -0.39 is 97.5 Å². The molecule has 19 heteroatoms. The Labute approximate surface area is 371 Å². The Bertz CT molecular complexity index is 1250. The highest BCUT2D eigenvalue weighted by molar-refractivity contribution is 7.47. The van der Waals surface area contributed by atoms with Gasteiger partial charge < -0.3 is 33.8 Å². The molecule has 0 saturated heterocycles. The van der Waals surface area contributed by atoms with Crippen LogP contribution >= 0.6 is 15.6 Å². The van der Waals surface area contributed by atoms with E-state index in [-0.39, 0.29) is 25.7 Å². The maximum atomic E-state index is 12.7. The third-order valence-corrected chi connectivity index (χ3v) is 11.5. The quantitative estimate of drug-likeness (QED) is 0.0223. The van der Waals surface area contributed by atoms with Crippen LogP contribution in [0.3, 0.4) is 0 Å². The smallest absolute Gasteiger partial charge is 0.462 e. The SMILES string of the molecule is CCCCCCCCCC(=O)OC[C@H](COP(=O)(O)OC[C@H](O)COP(=O)(O)OC[C@@H](COC(=O)CCCCCCCC)OC(=O)CCCCC)OC(=O)CCCCCCCC. The molecule has 0 radical (unpaired) electrons. The summed E-state index contributed by atoms with van der Waals surface area (Å²) in [6.45, 7) is 4.36. The highest BCUT2D eigenvalue weighted by atomic mass is 31.2. The summed E-state index contributed by atoms with van der Waals surface area (Å²) in [6.07, 6.45) is 17.2. The van der Waals surface area contributed by atoms with Crippen LogP contribution in [0.5, 0.6) is 0 Å². The summed E-state index contributed by atoms with van der Waals surface area (Å²) >= 11 is 0. The Hall–Kier alpha value is -1.94. The van der Waals surface area contributed by atoms with Crippen LogP contribution in [0.4, 0.5) is 0 Å². The van der Waals surface area contributed by atoms with Gasteiger partial charge in [-0.1, -0.05) is 143 Å². The Kier molecular flexibility index (Phi) is 38.2. The second kappa shape index (κ2) is 39.4. The van der Waals surface area contributed by atoms with Crippen LogP contribution in [0.2, 0.25) is 0 Å². The minimum atomic E-state index is -4.91. The number of carbonyl (C=O) groups excluding carboxylic acids is 4. The Morgan fingerprint density at radius 3 is 0.984 bits per heavy atom. The predicted molar refractivity (Wildman–Crippen MR) is 234 cm³/mol. The van der Waals surface area contributed by atoms with E-state index in [2.05, 4.69) is 20.8 Å².